The Labute approximate surface area is 337 Å². The van der Waals surface area contributed by atoms with E-state index in [2.05, 4.69) is 212 Å². The van der Waals surface area contributed by atoms with Crippen molar-refractivity contribution in [1.29, 1.82) is 0 Å². The number of hydrogen-bond acceptors (Lipinski definition) is 2. The minimum Gasteiger partial charge on any atom is -0.228 e. The van der Waals surface area contributed by atoms with Crippen LogP contribution in [0, 0.1) is 0 Å². The number of hydrogen-bond donors (Lipinski definition) is 0. The molecule has 0 saturated carbocycles. The maximum Gasteiger partial charge on any atom is 0.160 e. The van der Waals surface area contributed by atoms with E-state index in [4.69, 9.17) is 9.97 Å². The number of aromatic nitrogens is 2. The molecule has 1 heterocycles. The fourth-order valence-corrected chi connectivity index (χ4v) is 8.76. The third-order valence-electron chi connectivity index (χ3n) is 11.5. The quantitative estimate of drug-likeness (QED) is 0.125. The topological polar surface area (TPSA) is 25.8 Å². The van der Waals surface area contributed by atoms with Crippen LogP contribution in [0.25, 0.3) is 110 Å². The first-order valence-electron chi connectivity index (χ1n) is 19.8. The van der Waals surface area contributed by atoms with Gasteiger partial charge in [-0.25, -0.2) is 9.97 Å². The summed E-state index contributed by atoms with van der Waals surface area (Å²) in [6.45, 7) is 0. The molecule has 0 atom stereocenters. The van der Waals surface area contributed by atoms with Gasteiger partial charge in [0.1, 0.15) is 0 Å². The highest BCUT2D eigenvalue weighted by atomic mass is 14.9. The first-order valence-corrected chi connectivity index (χ1v) is 19.8. The van der Waals surface area contributed by atoms with Crippen molar-refractivity contribution in [2.24, 2.45) is 0 Å². The molecule has 1 aromatic heterocycles. The fourth-order valence-electron chi connectivity index (χ4n) is 8.76. The number of fused-ring (bicyclic) bond motifs is 5. The summed E-state index contributed by atoms with van der Waals surface area (Å²) >= 11 is 0. The van der Waals surface area contributed by atoms with Crippen LogP contribution in [0.2, 0.25) is 0 Å². The van der Waals surface area contributed by atoms with Crippen LogP contribution in [-0.2, 0) is 0 Å². The lowest BCUT2D eigenvalue weighted by molar-refractivity contribution is 1.18. The number of nitrogens with zero attached hydrogens (tertiary/aromatic N) is 2. The summed E-state index contributed by atoms with van der Waals surface area (Å²) in [5.41, 5.74) is 12.0. The Balaban J connectivity index is 1.06. The standard InChI is InChI=1S/C56H36N2/c1-3-16-38(17-4-1)52-36-53(39-32-30-37(31-33-39)51-35-41-20-7-8-23-44(41)45-24-9-10-25-46(45)51)58-56(57-52)43-22-15-21-42(34-43)55-49-28-13-11-26-47(49)54(40-18-5-2-6-19-40)48-27-12-14-29-50(48)55/h1-36H. The van der Waals surface area contributed by atoms with Crippen molar-refractivity contribution in [3.8, 4) is 67.3 Å². The van der Waals surface area contributed by atoms with Crippen LogP contribution in [0.4, 0.5) is 0 Å². The van der Waals surface area contributed by atoms with Crippen LogP contribution in [0.1, 0.15) is 0 Å². The van der Waals surface area contributed by atoms with Crippen LogP contribution in [-0.4, -0.2) is 9.97 Å². The molecule has 0 N–H and O–H groups in total. The summed E-state index contributed by atoms with van der Waals surface area (Å²) in [7, 11) is 0. The second kappa shape index (κ2) is 14.1. The van der Waals surface area contributed by atoms with Crippen molar-refractivity contribution in [3.63, 3.8) is 0 Å². The third kappa shape index (κ3) is 5.82. The maximum atomic E-state index is 5.29. The van der Waals surface area contributed by atoms with Crippen molar-refractivity contribution >= 4 is 43.1 Å². The van der Waals surface area contributed by atoms with Gasteiger partial charge in [-0.2, -0.15) is 0 Å². The molecular weight excluding hydrogens is 701 g/mol. The molecule has 2 nitrogen and oxygen atoms in total. The molecule has 11 rings (SSSR count). The monoisotopic (exact) mass is 736 g/mol. The van der Waals surface area contributed by atoms with E-state index >= 15 is 0 Å². The van der Waals surface area contributed by atoms with Gasteiger partial charge in [0.15, 0.2) is 5.82 Å². The summed E-state index contributed by atoms with van der Waals surface area (Å²) < 4.78 is 0. The van der Waals surface area contributed by atoms with Gasteiger partial charge < -0.3 is 0 Å². The van der Waals surface area contributed by atoms with Crippen molar-refractivity contribution in [2.45, 2.75) is 0 Å². The molecule has 58 heavy (non-hydrogen) atoms. The Morgan fingerprint density at radius 1 is 0.241 bits per heavy atom. The van der Waals surface area contributed by atoms with Gasteiger partial charge in [-0.1, -0.05) is 200 Å². The van der Waals surface area contributed by atoms with E-state index in [9.17, 15) is 0 Å². The predicted molar refractivity (Wildman–Crippen MR) is 245 cm³/mol. The van der Waals surface area contributed by atoms with Crippen LogP contribution >= 0.6 is 0 Å². The first-order chi connectivity index (χ1) is 28.8. The molecule has 0 aliphatic carbocycles. The van der Waals surface area contributed by atoms with E-state index in [-0.39, 0.29) is 0 Å². The van der Waals surface area contributed by atoms with E-state index < -0.39 is 0 Å². The molecule has 11 aromatic rings. The summed E-state index contributed by atoms with van der Waals surface area (Å²) in [5, 5.41) is 9.93. The second-order valence-electron chi connectivity index (χ2n) is 14.9. The van der Waals surface area contributed by atoms with E-state index in [0.29, 0.717) is 5.82 Å². The van der Waals surface area contributed by atoms with E-state index in [1.54, 1.807) is 0 Å². The Hall–Kier alpha value is -7.68. The third-order valence-corrected chi connectivity index (χ3v) is 11.5. The van der Waals surface area contributed by atoms with Crippen molar-refractivity contribution in [2.75, 3.05) is 0 Å². The molecule has 0 aliphatic rings. The maximum absolute atomic E-state index is 5.29. The Morgan fingerprint density at radius 2 is 0.672 bits per heavy atom. The van der Waals surface area contributed by atoms with Gasteiger partial charge in [-0.05, 0) is 94.7 Å². The highest BCUT2D eigenvalue weighted by Crippen LogP contribution is 2.44. The molecular formula is C56H36N2. The van der Waals surface area contributed by atoms with Gasteiger partial charge in [-0.15, -0.1) is 0 Å². The second-order valence-corrected chi connectivity index (χ2v) is 14.9. The van der Waals surface area contributed by atoms with Crippen LogP contribution in [0.5, 0.6) is 0 Å². The Bertz CT molecular complexity index is 3260. The van der Waals surface area contributed by atoms with Gasteiger partial charge in [0.2, 0.25) is 0 Å². The molecule has 10 aromatic carbocycles. The molecule has 0 spiro atoms. The average Bonchev–Trinajstić information content (AvgIpc) is 3.31. The fraction of sp³-hybridized carbons (Fsp3) is 0. The molecule has 270 valence electrons. The van der Waals surface area contributed by atoms with Crippen LogP contribution < -0.4 is 0 Å². The zero-order chi connectivity index (χ0) is 38.4. The zero-order valence-corrected chi connectivity index (χ0v) is 31.7. The van der Waals surface area contributed by atoms with Gasteiger partial charge in [0.25, 0.3) is 0 Å². The minimum absolute atomic E-state index is 0.692. The molecule has 2 heteroatoms. The molecule has 0 radical (unpaired) electrons. The molecule has 0 bridgehead atoms. The van der Waals surface area contributed by atoms with Crippen molar-refractivity contribution in [3.05, 3.63) is 218 Å². The van der Waals surface area contributed by atoms with Crippen LogP contribution in [0.15, 0.2) is 218 Å². The first kappa shape index (κ1) is 33.6. The summed E-state index contributed by atoms with van der Waals surface area (Å²) in [4.78, 5) is 10.5. The zero-order valence-electron chi connectivity index (χ0n) is 31.7. The van der Waals surface area contributed by atoms with Gasteiger partial charge >= 0.3 is 0 Å². The normalized spacial score (nSPS) is 11.4. The van der Waals surface area contributed by atoms with Gasteiger partial charge in [0, 0.05) is 16.7 Å². The Morgan fingerprint density at radius 3 is 1.29 bits per heavy atom. The van der Waals surface area contributed by atoms with Crippen LogP contribution in [0.3, 0.4) is 0 Å². The predicted octanol–water partition coefficient (Wildman–Crippen LogP) is 15.1. The number of benzene rings is 10. The number of rotatable bonds is 6. The molecule has 0 amide bonds. The van der Waals surface area contributed by atoms with Gasteiger partial charge in [-0.3, -0.25) is 0 Å². The Kier molecular flexibility index (Phi) is 8.19. The lowest BCUT2D eigenvalue weighted by Gasteiger charge is -2.18. The van der Waals surface area contributed by atoms with Crippen molar-refractivity contribution < 1.29 is 0 Å². The van der Waals surface area contributed by atoms with Gasteiger partial charge in [0.05, 0.1) is 11.4 Å². The SMILES string of the molecule is c1ccc(-c2cc(-c3ccc(-c4cc5ccccc5c5ccccc45)cc3)nc(-c3cccc(-c4c5ccccc5c(-c5ccccc5)c5ccccc45)c3)n2)cc1. The highest BCUT2D eigenvalue weighted by molar-refractivity contribution is 6.21. The molecule has 0 saturated heterocycles. The smallest absolute Gasteiger partial charge is 0.160 e. The van der Waals surface area contributed by atoms with Crippen molar-refractivity contribution in [1.82, 2.24) is 9.97 Å². The van der Waals surface area contributed by atoms with E-state index in [1.807, 2.05) is 6.07 Å². The largest absolute Gasteiger partial charge is 0.228 e. The minimum atomic E-state index is 0.692. The lowest BCUT2D eigenvalue weighted by Crippen LogP contribution is -1.96. The molecule has 0 fully saturated rings. The van der Waals surface area contributed by atoms with E-state index in [0.717, 1.165) is 33.6 Å². The molecule has 0 unspecified atom stereocenters. The summed E-state index contributed by atoms with van der Waals surface area (Å²) in [6, 6.07) is 78.1. The highest BCUT2D eigenvalue weighted by Gasteiger charge is 2.18. The lowest BCUT2D eigenvalue weighted by atomic mass is 9.85. The molecule has 0 aliphatic heterocycles. The average molecular weight is 737 g/mol. The summed E-state index contributed by atoms with van der Waals surface area (Å²) in [6.07, 6.45) is 0. The summed E-state index contributed by atoms with van der Waals surface area (Å²) in [5.74, 6) is 0.692. The van der Waals surface area contributed by atoms with E-state index in [1.165, 1.54) is 70.9 Å².